The van der Waals surface area contributed by atoms with Crippen LogP contribution in [0.25, 0.3) is 0 Å². The summed E-state index contributed by atoms with van der Waals surface area (Å²) >= 11 is 2.03. The molecule has 3 fully saturated rings. The number of thioether (sulfide) groups is 1. The van der Waals surface area contributed by atoms with E-state index in [2.05, 4.69) is 6.92 Å². The van der Waals surface area contributed by atoms with Crippen molar-refractivity contribution >= 4 is 17.5 Å². The van der Waals surface area contributed by atoms with E-state index in [1.807, 2.05) is 11.8 Å². The van der Waals surface area contributed by atoms with E-state index in [9.17, 15) is 4.79 Å². The fourth-order valence-electron chi connectivity index (χ4n) is 4.24. The lowest BCUT2D eigenvalue weighted by atomic mass is 9.71. The van der Waals surface area contributed by atoms with Gasteiger partial charge < -0.3 is 4.74 Å². The van der Waals surface area contributed by atoms with Gasteiger partial charge in [-0.25, -0.2) is 0 Å². The molecule has 2 heterocycles. The number of Topliss-reactive ketones (excluding diaryl/α,β-unsaturated/α-hetero) is 1. The van der Waals surface area contributed by atoms with Crippen molar-refractivity contribution in [1.82, 2.24) is 0 Å². The summed E-state index contributed by atoms with van der Waals surface area (Å²) in [5, 5.41) is 0. The number of carbonyl (C=O) groups is 1. The first-order valence-electron chi connectivity index (χ1n) is 7.90. The van der Waals surface area contributed by atoms with E-state index in [-0.39, 0.29) is 16.9 Å². The van der Waals surface area contributed by atoms with E-state index in [4.69, 9.17) is 4.74 Å². The first-order valence-corrected chi connectivity index (χ1v) is 9.05. The second-order valence-corrected chi connectivity index (χ2v) is 8.19. The van der Waals surface area contributed by atoms with E-state index in [1.165, 1.54) is 24.3 Å². The van der Waals surface area contributed by atoms with Crippen molar-refractivity contribution in [3.05, 3.63) is 0 Å². The number of rotatable bonds is 2. The van der Waals surface area contributed by atoms with Crippen LogP contribution in [0.15, 0.2) is 0 Å². The van der Waals surface area contributed by atoms with Gasteiger partial charge in [0.05, 0.1) is 5.60 Å². The minimum Gasteiger partial charge on any atom is -0.375 e. The predicted octanol–water partition coefficient (Wildman–Crippen LogP) is 3.83. The van der Waals surface area contributed by atoms with Gasteiger partial charge in [0.1, 0.15) is 5.78 Å². The summed E-state index contributed by atoms with van der Waals surface area (Å²) < 4.78 is 6.12. The van der Waals surface area contributed by atoms with Crippen molar-refractivity contribution in [2.24, 2.45) is 11.3 Å². The van der Waals surface area contributed by atoms with Gasteiger partial charge in [-0.15, -0.1) is 0 Å². The number of ketones is 1. The van der Waals surface area contributed by atoms with Crippen LogP contribution in [-0.2, 0) is 9.53 Å². The molecule has 1 atom stereocenters. The molecule has 108 valence electrons. The lowest BCUT2D eigenvalue weighted by Gasteiger charge is -2.44. The third kappa shape index (κ3) is 2.73. The molecule has 0 N–H and O–H groups in total. The minimum absolute atomic E-state index is 0.00733. The molecular weight excluding hydrogens is 256 g/mol. The number of carbonyl (C=O) groups excluding carboxylic acids is 1. The Morgan fingerprint density at radius 3 is 2.53 bits per heavy atom. The molecule has 19 heavy (non-hydrogen) atoms. The zero-order valence-electron chi connectivity index (χ0n) is 12.1. The summed E-state index contributed by atoms with van der Waals surface area (Å²) in [7, 11) is 0. The van der Waals surface area contributed by atoms with Crippen LogP contribution < -0.4 is 0 Å². The first-order chi connectivity index (χ1) is 9.14. The van der Waals surface area contributed by atoms with Crippen molar-refractivity contribution < 1.29 is 9.53 Å². The van der Waals surface area contributed by atoms with Gasteiger partial charge in [0, 0.05) is 17.9 Å². The lowest BCUT2D eigenvalue weighted by molar-refractivity contribution is -0.146. The van der Waals surface area contributed by atoms with E-state index < -0.39 is 0 Å². The van der Waals surface area contributed by atoms with Crippen molar-refractivity contribution in [2.45, 2.75) is 63.9 Å². The third-order valence-electron chi connectivity index (χ3n) is 5.57. The first kappa shape index (κ1) is 13.9. The molecule has 3 aliphatic rings. The molecule has 1 saturated carbocycles. The SMILES string of the molecule is CC1(C(=O)C2CCOC3(CCSCC3)C2)CCCC1. The maximum Gasteiger partial charge on any atom is 0.142 e. The number of ether oxygens (including phenoxy) is 1. The lowest BCUT2D eigenvalue weighted by Crippen LogP contribution is -2.46. The van der Waals surface area contributed by atoms with Crippen molar-refractivity contribution in [3.8, 4) is 0 Å². The van der Waals surface area contributed by atoms with E-state index >= 15 is 0 Å². The summed E-state index contributed by atoms with van der Waals surface area (Å²) in [6, 6.07) is 0. The van der Waals surface area contributed by atoms with E-state index in [0.29, 0.717) is 5.78 Å². The molecule has 2 saturated heterocycles. The Hall–Kier alpha value is -0.0200. The van der Waals surface area contributed by atoms with Crippen molar-refractivity contribution in [2.75, 3.05) is 18.1 Å². The Balaban J connectivity index is 1.69. The van der Waals surface area contributed by atoms with Gasteiger partial charge in [0.25, 0.3) is 0 Å². The van der Waals surface area contributed by atoms with Gasteiger partial charge in [-0.1, -0.05) is 19.8 Å². The third-order valence-corrected chi connectivity index (χ3v) is 6.56. The molecule has 2 nitrogen and oxygen atoms in total. The molecule has 0 amide bonds. The average Bonchev–Trinajstić information content (AvgIpc) is 2.87. The molecular formula is C16H26O2S. The number of hydrogen-bond acceptors (Lipinski definition) is 3. The standard InChI is InChI=1S/C16H26O2S/c1-15(5-2-3-6-15)14(17)13-4-9-18-16(12-13)7-10-19-11-8-16/h13H,2-12H2,1H3. The van der Waals surface area contributed by atoms with Crippen LogP contribution in [0.1, 0.15) is 58.3 Å². The fourth-order valence-corrected chi connectivity index (χ4v) is 5.47. The highest BCUT2D eigenvalue weighted by Crippen LogP contribution is 2.46. The molecule has 1 aliphatic carbocycles. The average molecular weight is 282 g/mol. The molecule has 0 radical (unpaired) electrons. The zero-order chi connectivity index (χ0) is 13.3. The van der Waals surface area contributed by atoms with Gasteiger partial charge in [0.2, 0.25) is 0 Å². The maximum absolute atomic E-state index is 12.9. The van der Waals surface area contributed by atoms with Crippen LogP contribution in [0, 0.1) is 11.3 Å². The Labute approximate surface area is 121 Å². The molecule has 3 heteroatoms. The molecule has 0 bridgehead atoms. The highest BCUT2D eigenvalue weighted by molar-refractivity contribution is 7.99. The van der Waals surface area contributed by atoms with Gasteiger partial charge in [-0.05, 0) is 50.0 Å². The molecule has 0 aromatic carbocycles. The Morgan fingerprint density at radius 2 is 1.84 bits per heavy atom. The van der Waals surface area contributed by atoms with Gasteiger partial charge in [-0.3, -0.25) is 4.79 Å². The predicted molar refractivity (Wildman–Crippen MR) is 79.5 cm³/mol. The number of hydrogen-bond donors (Lipinski definition) is 0. The van der Waals surface area contributed by atoms with Gasteiger partial charge in [0.15, 0.2) is 0 Å². The van der Waals surface area contributed by atoms with Crippen LogP contribution in [0.3, 0.4) is 0 Å². The maximum atomic E-state index is 12.9. The molecule has 3 rings (SSSR count). The van der Waals surface area contributed by atoms with E-state index in [0.717, 1.165) is 45.1 Å². The Kier molecular flexibility index (Phi) is 3.96. The summed E-state index contributed by atoms with van der Waals surface area (Å²) in [5.41, 5.74) is 0.0470. The summed E-state index contributed by atoms with van der Waals surface area (Å²) in [6.45, 7) is 3.01. The van der Waals surface area contributed by atoms with Crippen LogP contribution in [0.5, 0.6) is 0 Å². The summed E-state index contributed by atoms with van der Waals surface area (Å²) in [4.78, 5) is 12.9. The van der Waals surface area contributed by atoms with Crippen LogP contribution >= 0.6 is 11.8 Å². The Morgan fingerprint density at radius 1 is 1.16 bits per heavy atom. The molecule has 2 aliphatic heterocycles. The van der Waals surface area contributed by atoms with Crippen molar-refractivity contribution in [1.29, 1.82) is 0 Å². The molecule has 0 aromatic rings. The fraction of sp³-hybridized carbons (Fsp3) is 0.938. The molecule has 0 aromatic heterocycles. The molecule has 1 unspecified atom stereocenters. The van der Waals surface area contributed by atoms with E-state index in [1.54, 1.807) is 0 Å². The smallest absolute Gasteiger partial charge is 0.142 e. The van der Waals surface area contributed by atoms with Crippen molar-refractivity contribution in [3.63, 3.8) is 0 Å². The topological polar surface area (TPSA) is 26.3 Å². The monoisotopic (exact) mass is 282 g/mol. The second kappa shape index (κ2) is 5.40. The largest absolute Gasteiger partial charge is 0.375 e. The highest BCUT2D eigenvalue weighted by Gasteiger charge is 2.46. The van der Waals surface area contributed by atoms with Crippen LogP contribution in [0.2, 0.25) is 0 Å². The zero-order valence-corrected chi connectivity index (χ0v) is 12.9. The Bertz CT molecular complexity index is 335. The molecule has 1 spiro atoms. The second-order valence-electron chi connectivity index (χ2n) is 6.97. The minimum atomic E-state index is -0.00733. The van der Waals surface area contributed by atoms with Gasteiger partial charge in [-0.2, -0.15) is 11.8 Å². The summed E-state index contributed by atoms with van der Waals surface area (Å²) in [5.74, 6) is 3.25. The van der Waals surface area contributed by atoms with Crippen LogP contribution in [-0.4, -0.2) is 29.5 Å². The van der Waals surface area contributed by atoms with Gasteiger partial charge >= 0.3 is 0 Å². The van der Waals surface area contributed by atoms with Crippen LogP contribution in [0.4, 0.5) is 0 Å². The highest BCUT2D eigenvalue weighted by atomic mass is 32.2. The normalized spacial score (nSPS) is 33.4. The summed E-state index contributed by atoms with van der Waals surface area (Å²) in [6.07, 6.45) is 8.99. The quantitative estimate of drug-likeness (QED) is 0.770.